The van der Waals surface area contributed by atoms with E-state index in [1.54, 1.807) is 9.03 Å². The minimum atomic E-state index is -1.06. The van der Waals surface area contributed by atoms with Crippen molar-refractivity contribution in [2.45, 2.75) is 18.6 Å². The highest BCUT2D eigenvalue weighted by atomic mass is 16.5. The zero-order chi connectivity index (χ0) is 30.4. The van der Waals surface area contributed by atoms with Gasteiger partial charge in [-0.25, -0.2) is 19.0 Å². The van der Waals surface area contributed by atoms with Gasteiger partial charge < -0.3 is 15.2 Å². The molecule has 3 aromatic carbocycles. The average molecular weight is 595 g/mol. The van der Waals surface area contributed by atoms with Crippen molar-refractivity contribution in [1.29, 1.82) is 0 Å². The monoisotopic (exact) mass is 594 g/mol. The molecule has 45 heavy (non-hydrogen) atoms. The van der Waals surface area contributed by atoms with Gasteiger partial charge in [0, 0.05) is 42.8 Å². The molecule has 0 unspecified atom stereocenters. The molecule has 4 aromatic heterocycles. The summed E-state index contributed by atoms with van der Waals surface area (Å²) in [4.78, 5) is 11.1. The smallest absolute Gasteiger partial charge is 0.158 e. The second-order valence-corrected chi connectivity index (χ2v) is 11.4. The molecule has 5 heterocycles. The van der Waals surface area contributed by atoms with Crippen molar-refractivity contribution in [3.8, 4) is 11.5 Å². The van der Waals surface area contributed by atoms with Gasteiger partial charge >= 0.3 is 0 Å². The first-order chi connectivity index (χ1) is 22.0. The van der Waals surface area contributed by atoms with Gasteiger partial charge in [-0.2, -0.15) is 10.2 Å². The molecule has 10 nitrogen and oxygen atoms in total. The Hall–Kier alpha value is -5.58. The maximum Gasteiger partial charge on any atom is 0.158 e. The molecule has 2 N–H and O–H groups in total. The number of ether oxygens (including phenoxy) is 1. The molecule has 0 bridgehead atoms. The predicted octanol–water partition coefficient (Wildman–Crippen LogP) is 5.91. The fourth-order valence-electron chi connectivity index (χ4n) is 6.25. The Labute approximate surface area is 259 Å². The van der Waals surface area contributed by atoms with E-state index in [2.05, 4.69) is 78.9 Å². The van der Waals surface area contributed by atoms with Crippen molar-refractivity contribution in [3.05, 3.63) is 144 Å². The Balaban J connectivity index is 1.05. The van der Waals surface area contributed by atoms with Crippen LogP contribution in [0.4, 0.5) is 11.5 Å². The number of rotatable bonds is 8. The van der Waals surface area contributed by atoms with Gasteiger partial charge in [0.15, 0.2) is 11.5 Å². The number of fused-ring (bicyclic) bond motifs is 2. The lowest BCUT2D eigenvalue weighted by Gasteiger charge is -2.50. The first-order valence-corrected chi connectivity index (χ1v) is 14.8. The predicted molar refractivity (Wildman–Crippen MR) is 171 cm³/mol. The van der Waals surface area contributed by atoms with Crippen molar-refractivity contribution in [1.82, 2.24) is 34.1 Å². The molecule has 1 aliphatic rings. The van der Waals surface area contributed by atoms with E-state index in [4.69, 9.17) is 4.74 Å². The molecule has 0 atom stereocenters. The average Bonchev–Trinajstić information content (AvgIpc) is 3.71. The summed E-state index contributed by atoms with van der Waals surface area (Å²) in [6.45, 7) is 2.94. The summed E-state index contributed by atoms with van der Waals surface area (Å²) in [6.07, 6.45) is 6.72. The molecule has 1 saturated heterocycles. The molecule has 1 fully saturated rings. The minimum Gasteiger partial charge on any atom is -0.457 e. The fourth-order valence-corrected chi connectivity index (χ4v) is 6.25. The van der Waals surface area contributed by atoms with Gasteiger partial charge in [0.05, 0.1) is 6.04 Å². The molecule has 0 aliphatic carbocycles. The Kier molecular flexibility index (Phi) is 6.51. The summed E-state index contributed by atoms with van der Waals surface area (Å²) in [6, 6.07) is 32.5. The van der Waals surface area contributed by atoms with Gasteiger partial charge in [-0.3, -0.25) is 4.90 Å². The number of aromatic nitrogens is 6. The van der Waals surface area contributed by atoms with Crippen LogP contribution in [0.25, 0.3) is 11.2 Å². The first kappa shape index (κ1) is 27.0. The normalized spacial score (nSPS) is 14.6. The summed E-state index contributed by atoms with van der Waals surface area (Å²) in [5.74, 6) is 2.03. The highest BCUT2D eigenvalue weighted by Crippen LogP contribution is 2.43. The van der Waals surface area contributed by atoms with Crippen molar-refractivity contribution in [2.75, 3.05) is 18.4 Å². The van der Waals surface area contributed by atoms with E-state index < -0.39 is 5.60 Å². The van der Waals surface area contributed by atoms with Gasteiger partial charge in [0.25, 0.3) is 0 Å². The maximum atomic E-state index is 12.0. The van der Waals surface area contributed by atoms with E-state index >= 15 is 0 Å². The molecule has 1 aliphatic heterocycles. The highest BCUT2D eigenvalue weighted by Gasteiger charge is 2.47. The Morgan fingerprint density at radius 3 is 2.22 bits per heavy atom. The molecular formula is C35H30N8O2. The minimum absolute atomic E-state index is 0.0393. The van der Waals surface area contributed by atoms with Crippen molar-refractivity contribution < 1.29 is 9.84 Å². The summed E-state index contributed by atoms with van der Waals surface area (Å²) in [5.41, 5.74) is 5.37. The van der Waals surface area contributed by atoms with Crippen LogP contribution in [0.15, 0.2) is 122 Å². The van der Waals surface area contributed by atoms with Crippen LogP contribution < -0.4 is 10.1 Å². The van der Waals surface area contributed by atoms with Crippen LogP contribution in [0.3, 0.4) is 0 Å². The summed E-state index contributed by atoms with van der Waals surface area (Å²) < 4.78 is 9.61. The van der Waals surface area contributed by atoms with Gasteiger partial charge in [0.2, 0.25) is 0 Å². The lowest BCUT2D eigenvalue weighted by atomic mass is 9.83. The molecule has 10 heteroatoms. The molecule has 0 radical (unpaired) electrons. The van der Waals surface area contributed by atoms with Crippen molar-refractivity contribution >= 4 is 22.7 Å². The summed E-state index contributed by atoms with van der Waals surface area (Å²) >= 11 is 0. The Morgan fingerprint density at radius 2 is 1.49 bits per heavy atom. The molecule has 222 valence electrons. The summed E-state index contributed by atoms with van der Waals surface area (Å²) in [7, 11) is 0. The fraction of sp³-hybridized carbons (Fsp3) is 0.143. The van der Waals surface area contributed by atoms with Crippen LogP contribution in [0.2, 0.25) is 0 Å². The van der Waals surface area contributed by atoms with E-state index in [9.17, 15) is 5.11 Å². The van der Waals surface area contributed by atoms with Crippen LogP contribution in [0.5, 0.6) is 11.5 Å². The third-order valence-corrected chi connectivity index (χ3v) is 8.40. The quantitative estimate of drug-likeness (QED) is 0.224. The van der Waals surface area contributed by atoms with Crippen LogP contribution in [-0.4, -0.2) is 52.3 Å². The third-order valence-electron chi connectivity index (χ3n) is 8.40. The number of likely N-dealkylation sites (tertiary alicyclic amines) is 1. The van der Waals surface area contributed by atoms with Gasteiger partial charge in [-0.15, -0.1) is 0 Å². The van der Waals surface area contributed by atoms with Gasteiger partial charge in [-0.1, -0.05) is 60.7 Å². The number of aliphatic hydroxyl groups is 1. The van der Waals surface area contributed by atoms with Crippen LogP contribution in [0, 0.1) is 6.92 Å². The number of aryl methyl sites for hydroxylation is 1. The van der Waals surface area contributed by atoms with Crippen molar-refractivity contribution in [3.63, 3.8) is 0 Å². The second-order valence-electron chi connectivity index (χ2n) is 11.4. The van der Waals surface area contributed by atoms with Gasteiger partial charge in [0.1, 0.15) is 35.3 Å². The Morgan fingerprint density at radius 1 is 0.800 bits per heavy atom. The molecule has 0 amide bonds. The topological polar surface area (TPSA) is 105 Å². The largest absolute Gasteiger partial charge is 0.457 e. The number of hydrogen-bond acceptors (Lipinski definition) is 8. The van der Waals surface area contributed by atoms with Crippen LogP contribution in [0.1, 0.15) is 28.3 Å². The number of hydrogen-bond donors (Lipinski definition) is 2. The second kappa shape index (κ2) is 10.8. The Bertz CT molecular complexity index is 2080. The van der Waals surface area contributed by atoms with E-state index in [0.717, 1.165) is 28.1 Å². The molecular weight excluding hydrogens is 564 g/mol. The SMILES string of the molecule is Cc1cc(Nc2ncnn3ccc(C4(O)CN(C(c5ccccc5)c5ccccc5)C4)c23)ccc1Oc1ccn2ncnc2c1. The number of β-amino-alcohol motifs (C(OH)–C–C–N with tert-alkyl or cyclic N) is 1. The zero-order valence-corrected chi connectivity index (χ0v) is 24.5. The lowest BCUT2D eigenvalue weighted by molar-refractivity contribution is -0.115. The lowest BCUT2D eigenvalue weighted by Crippen LogP contribution is -2.60. The third kappa shape index (κ3) is 4.95. The van der Waals surface area contributed by atoms with Gasteiger partial charge in [-0.05, 0) is 53.9 Å². The van der Waals surface area contributed by atoms with Crippen molar-refractivity contribution in [2.24, 2.45) is 0 Å². The molecule has 8 rings (SSSR count). The number of pyridine rings is 1. The number of anilines is 2. The molecule has 0 spiro atoms. The molecule has 7 aromatic rings. The van der Waals surface area contributed by atoms with E-state index in [0.29, 0.717) is 30.3 Å². The maximum absolute atomic E-state index is 12.0. The number of nitrogens with one attached hydrogen (secondary N) is 1. The first-order valence-electron chi connectivity index (χ1n) is 14.8. The standard InChI is InChI=1S/C35H30N8O2/c1-24-18-27(12-13-30(24)45-28-14-16-42-31(19-28)36-22-38-42)40-34-33-29(15-17-43(33)39-23-37-34)35(44)20-41(21-35)32(25-8-4-2-5-9-25)26-10-6-3-7-11-26/h2-19,22-23,32,44H,20-21H2,1H3,(H,37,39,40). The highest BCUT2D eigenvalue weighted by molar-refractivity contribution is 5.78. The molecule has 0 saturated carbocycles. The van der Waals surface area contributed by atoms with Crippen LogP contribution >= 0.6 is 0 Å². The van der Waals surface area contributed by atoms with E-state index in [-0.39, 0.29) is 6.04 Å². The van der Waals surface area contributed by atoms with E-state index in [1.165, 1.54) is 23.8 Å². The van der Waals surface area contributed by atoms with E-state index in [1.807, 2.05) is 67.8 Å². The zero-order valence-electron chi connectivity index (χ0n) is 24.5. The summed E-state index contributed by atoms with van der Waals surface area (Å²) in [5, 5.41) is 24.0. The number of benzene rings is 3. The number of nitrogens with zero attached hydrogens (tertiary/aromatic N) is 7. The van der Waals surface area contributed by atoms with Crippen LogP contribution in [-0.2, 0) is 5.60 Å².